The number of aryl methyl sites for hydroxylation is 1. The zero-order chi connectivity index (χ0) is 17.9. The van der Waals surface area contributed by atoms with Gasteiger partial charge < -0.3 is 0 Å². The molecule has 0 aliphatic heterocycles. The van der Waals surface area contributed by atoms with Crippen molar-refractivity contribution in [3.8, 4) is 16.9 Å². The number of aromatic nitrogens is 3. The van der Waals surface area contributed by atoms with Crippen LogP contribution in [0.3, 0.4) is 0 Å². The lowest BCUT2D eigenvalue weighted by Gasteiger charge is -2.03. The third-order valence-corrected chi connectivity index (χ3v) is 5.21. The van der Waals surface area contributed by atoms with Crippen LogP contribution in [0.1, 0.15) is 5.69 Å². The average molecular weight is 378 g/mol. The molecule has 0 fully saturated rings. The highest BCUT2D eigenvalue weighted by atomic mass is 35.5. The van der Waals surface area contributed by atoms with E-state index < -0.39 is 0 Å². The molecule has 4 rings (SSSR count). The van der Waals surface area contributed by atoms with Gasteiger partial charge in [0, 0.05) is 33.6 Å². The first kappa shape index (κ1) is 16.9. The summed E-state index contributed by atoms with van der Waals surface area (Å²) in [5, 5.41) is 5.56. The number of halogens is 1. The van der Waals surface area contributed by atoms with Gasteiger partial charge in [-0.2, -0.15) is 5.10 Å². The molecule has 0 saturated carbocycles. The van der Waals surface area contributed by atoms with Gasteiger partial charge in [0.25, 0.3) is 0 Å². The van der Waals surface area contributed by atoms with E-state index in [-0.39, 0.29) is 0 Å². The van der Waals surface area contributed by atoms with Gasteiger partial charge in [0.15, 0.2) is 0 Å². The molecular weight excluding hydrogens is 362 g/mol. The predicted molar refractivity (Wildman–Crippen MR) is 107 cm³/mol. The maximum absolute atomic E-state index is 6.01. The van der Waals surface area contributed by atoms with Crippen molar-refractivity contribution < 1.29 is 0 Å². The van der Waals surface area contributed by atoms with Crippen LogP contribution in [0.25, 0.3) is 16.9 Å². The fourth-order valence-corrected chi connectivity index (χ4v) is 3.64. The van der Waals surface area contributed by atoms with Gasteiger partial charge in [0.05, 0.1) is 10.6 Å². The molecule has 2 aromatic heterocycles. The van der Waals surface area contributed by atoms with Crippen molar-refractivity contribution in [1.29, 1.82) is 0 Å². The van der Waals surface area contributed by atoms with Crippen molar-refractivity contribution in [3.63, 3.8) is 0 Å². The molecule has 0 spiro atoms. The van der Waals surface area contributed by atoms with Crippen molar-refractivity contribution in [3.05, 3.63) is 89.8 Å². The Balaban J connectivity index is 1.78. The third kappa shape index (κ3) is 3.66. The van der Waals surface area contributed by atoms with Crippen LogP contribution in [0.5, 0.6) is 0 Å². The summed E-state index contributed by atoms with van der Waals surface area (Å²) in [6, 6.07) is 22.0. The SMILES string of the molecule is Cc1ccc(-c2nn(-c3ccccc3)cc2Sc2ccc(Cl)cc2)cn1. The van der Waals surface area contributed by atoms with Gasteiger partial charge in [0.1, 0.15) is 5.69 Å². The highest BCUT2D eigenvalue weighted by Crippen LogP contribution is 2.36. The van der Waals surface area contributed by atoms with Gasteiger partial charge in [-0.1, -0.05) is 41.6 Å². The Hall–Kier alpha value is -2.56. The quantitative estimate of drug-likeness (QED) is 0.434. The van der Waals surface area contributed by atoms with Crippen molar-refractivity contribution in [1.82, 2.24) is 14.8 Å². The molecule has 0 radical (unpaired) electrons. The lowest BCUT2D eigenvalue weighted by molar-refractivity contribution is 0.883. The molecule has 0 unspecified atom stereocenters. The number of hydrogen-bond donors (Lipinski definition) is 0. The molecule has 2 heterocycles. The molecule has 26 heavy (non-hydrogen) atoms. The molecule has 0 bridgehead atoms. The molecule has 0 saturated heterocycles. The Labute approximate surface area is 161 Å². The van der Waals surface area contributed by atoms with Crippen LogP contribution in [-0.4, -0.2) is 14.8 Å². The maximum atomic E-state index is 6.01. The fourth-order valence-electron chi connectivity index (χ4n) is 2.58. The summed E-state index contributed by atoms with van der Waals surface area (Å²) in [5.74, 6) is 0. The Kier molecular flexibility index (Phi) is 4.78. The molecule has 0 N–H and O–H groups in total. The van der Waals surface area contributed by atoms with E-state index >= 15 is 0 Å². The monoisotopic (exact) mass is 377 g/mol. The molecule has 0 aliphatic carbocycles. The minimum atomic E-state index is 0.734. The van der Waals surface area contributed by atoms with Crippen molar-refractivity contribution in [2.45, 2.75) is 16.7 Å². The van der Waals surface area contributed by atoms with E-state index in [0.29, 0.717) is 0 Å². The second-order valence-corrected chi connectivity index (χ2v) is 7.42. The lowest BCUT2D eigenvalue weighted by Crippen LogP contribution is -1.94. The Morgan fingerprint density at radius 3 is 2.38 bits per heavy atom. The van der Waals surface area contributed by atoms with E-state index in [9.17, 15) is 0 Å². The normalized spacial score (nSPS) is 10.8. The van der Waals surface area contributed by atoms with Gasteiger partial charge in [-0.3, -0.25) is 4.98 Å². The van der Waals surface area contributed by atoms with Crippen molar-refractivity contribution in [2.24, 2.45) is 0 Å². The van der Waals surface area contributed by atoms with Crippen LogP contribution >= 0.6 is 23.4 Å². The van der Waals surface area contributed by atoms with Gasteiger partial charge in [0.2, 0.25) is 0 Å². The minimum Gasteiger partial charge on any atom is -0.261 e. The van der Waals surface area contributed by atoms with E-state index in [1.165, 1.54) is 0 Å². The summed E-state index contributed by atoms with van der Waals surface area (Å²) in [5.41, 5.74) is 3.93. The number of pyridine rings is 1. The first-order valence-corrected chi connectivity index (χ1v) is 9.40. The topological polar surface area (TPSA) is 30.7 Å². The van der Waals surface area contributed by atoms with Gasteiger partial charge >= 0.3 is 0 Å². The third-order valence-electron chi connectivity index (χ3n) is 3.93. The van der Waals surface area contributed by atoms with Crippen molar-refractivity contribution >= 4 is 23.4 Å². The van der Waals surface area contributed by atoms with Crippen LogP contribution in [0, 0.1) is 6.92 Å². The summed E-state index contributed by atoms with van der Waals surface area (Å²) in [6.45, 7) is 1.98. The Morgan fingerprint density at radius 1 is 0.923 bits per heavy atom. The molecule has 128 valence electrons. The second kappa shape index (κ2) is 7.36. The number of rotatable bonds is 4. The standard InChI is InChI=1S/C21H16ClN3S/c1-15-7-8-16(13-23-15)21-20(26-19-11-9-17(22)10-12-19)14-25(24-21)18-5-3-2-4-6-18/h2-14H,1H3. The smallest absolute Gasteiger partial charge is 0.108 e. The summed E-state index contributed by atoms with van der Waals surface area (Å²) in [6.07, 6.45) is 3.93. The fraction of sp³-hybridized carbons (Fsp3) is 0.0476. The molecule has 0 aliphatic rings. The molecular formula is C21H16ClN3S. The highest BCUT2D eigenvalue weighted by Gasteiger charge is 2.14. The molecule has 4 aromatic rings. The average Bonchev–Trinajstić information content (AvgIpc) is 3.09. The first-order valence-electron chi connectivity index (χ1n) is 8.20. The summed E-state index contributed by atoms with van der Waals surface area (Å²) in [7, 11) is 0. The van der Waals surface area contributed by atoms with Crippen LogP contribution in [0.2, 0.25) is 5.02 Å². The van der Waals surface area contributed by atoms with Crippen LogP contribution in [0.4, 0.5) is 0 Å². The molecule has 0 amide bonds. The van der Waals surface area contributed by atoms with E-state index in [1.54, 1.807) is 11.8 Å². The Morgan fingerprint density at radius 2 is 1.69 bits per heavy atom. The lowest BCUT2D eigenvalue weighted by atomic mass is 10.2. The zero-order valence-electron chi connectivity index (χ0n) is 14.1. The molecule has 0 atom stereocenters. The van der Waals surface area contributed by atoms with Crippen LogP contribution < -0.4 is 0 Å². The minimum absolute atomic E-state index is 0.734. The van der Waals surface area contributed by atoms with Crippen molar-refractivity contribution in [2.75, 3.05) is 0 Å². The Bertz CT molecular complexity index is 1010. The van der Waals surface area contributed by atoms with Gasteiger partial charge in [-0.05, 0) is 55.5 Å². The van der Waals surface area contributed by atoms with E-state index in [1.807, 2.05) is 78.5 Å². The summed E-state index contributed by atoms with van der Waals surface area (Å²) >= 11 is 7.67. The summed E-state index contributed by atoms with van der Waals surface area (Å²) in [4.78, 5) is 6.61. The van der Waals surface area contributed by atoms with E-state index in [4.69, 9.17) is 16.7 Å². The second-order valence-electron chi connectivity index (χ2n) is 5.87. The zero-order valence-corrected chi connectivity index (χ0v) is 15.7. The number of para-hydroxylation sites is 1. The van der Waals surface area contributed by atoms with Gasteiger partial charge in [-0.15, -0.1) is 0 Å². The number of nitrogens with zero attached hydrogens (tertiary/aromatic N) is 3. The maximum Gasteiger partial charge on any atom is 0.108 e. The van der Waals surface area contributed by atoms with Gasteiger partial charge in [-0.25, -0.2) is 4.68 Å². The summed E-state index contributed by atoms with van der Waals surface area (Å²) < 4.78 is 1.91. The van der Waals surface area contributed by atoms with E-state index in [2.05, 4.69) is 17.2 Å². The number of benzene rings is 2. The molecule has 3 nitrogen and oxygen atoms in total. The number of hydrogen-bond acceptors (Lipinski definition) is 3. The molecule has 5 heteroatoms. The largest absolute Gasteiger partial charge is 0.261 e. The van der Waals surface area contributed by atoms with Crippen LogP contribution in [0.15, 0.2) is 88.9 Å². The highest BCUT2D eigenvalue weighted by molar-refractivity contribution is 7.99. The van der Waals surface area contributed by atoms with E-state index in [0.717, 1.165) is 37.5 Å². The van der Waals surface area contributed by atoms with Crippen LogP contribution in [-0.2, 0) is 0 Å². The predicted octanol–water partition coefficient (Wildman–Crippen LogP) is 6.05. The molecule has 2 aromatic carbocycles. The first-order chi connectivity index (χ1) is 12.7.